The van der Waals surface area contributed by atoms with Crippen molar-refractivity contribution in [1.82, 2.24) is 10.6 Å². The van der Waals surface area contributed by atoms with Gasteiger partial charge in [-0.2, -0.15) is 0 Å². The number of nitrogens with one attached hydrogen (secondary N) is 2. The van der Waals surface area contributed by atoms with Gasteiger partial charge in [-0.3, -0.25) is 14.4 Å². The first-order valence-corrected chi connectivity index (χ1v) is 10.4. The van der Waals surface area contributed by atoms with E-state index in [2.05, 4.69) is 10.6 Å². The highest BCUT2D eigenvalue weighted by molar-refractivity contribution is 5.92. The van der Waals surface area contributed by atoms with Crippen molar-refractivity contribution in [2.45, 2.75) is 31.8 Å². The Kier molecular flexibility index (Phi) is 7.62. The van der Waals surface area contributed by atoms with Crippen LogP contribution in [-0.4, -0.2) is 36.9 Å². The standard InChI is InChI=1S/C24H24FN3O6/c1-13(29)27-20(9-14-4-3-5-16(25)8-14)24(32)28-19(23(26)31)10-15-11-22(30)34-21-12-17(33-2)6-7-18(15)21/h3-8,11-12,19-20H,9-10H2,1-2H3,(H2,26,31)(H,27,29)(H,28,32)/t19-,20+/m1/s1. The molecule has 3 rings (SSSR count). The molecule has 4 N–H and O–H groups in total. The van der Waals surface area contributed by atoms with Gasteiger partial charge >= 0.3 is 5.63 Å². The molecule has 1 heterocycles. The number of nitrogens with two attached hydrogens (primary N) is 1. The molecule has 34 heavy (non-hydrogen) atoms. The Balaban J connectivity index is 1.86. The number of benzene rings is 2. The first kappa shape index (κ1) is 24.4. The molecule has 10 heteroatoms. The Hall–Kier alpha value is -4.21. The summed E-state index contributed by atoms with van der Waals surface area (Å²) in [7, 11) is 1.47. The Bertz CT molecular complexity index is 1290. The summed E-state index contributed by atoms with van der Waals surface area (Å²) in [4.78, 5) is 48.8. The maximum atomic E-state index is 13.6. The largest absolute Gasteiger partial charge is 0.497 e. The number of methoxy groups -OCH3 is 1. The third-order valence-corrected chi connectivity index (χ3v) is 5.14. The molecule has 1 aromatic heterocycles. The zero-order chi connectivity index (χ0) is 24.8. The molecule has 9 nitrogen and oxygen atoms in total. The number of rotatable bonds is 9. The van der Waals surface area contributed by atoms with Crippen molar-refractivity contribution >= 4 is 28.7 Å². The second-order valence-corrected chi connectivity index (χ2v) is 7.71. The van der Waals surface area contributed by atoms with E-state index in [1.165, 1.54) is 44.4 Å². The summed E-state index contributed by atoms with van der Waals surface area (Å²) in [5.74, 6) is -2.01. The number of ether oxygens (including phenoxy) is 1. The Morgan fingerprint density at radius 3 is 2.47 bits per heavy atom. The minimum atomic E-state index is -1.19. The molecule has 0 spiro atoms. The predicted octanol–water partition coefficient (Wildman–Crippen LogP) is 1.20. The van der Waals surface area contributed by atoms with E-state index in [0.717, 1.165) is 0 Å². The summed E-state index contributed by atoms with van der Waals surface area (Å²) < 4.78 is 23.9. The molecule has 0 aliphatic carbocycles. The van der Waals surface area contributed by atoms with Gasteiger partial charge in [-0.05, 0) is 35.4 Å². The monoisotopic (exact) mass is 469 g/mol. The fraction of sp³-hybridized carbons (Fsp3) is 0.250. The molecular formula is C24H24FN3O6. The van der Waals surface area contributed by atoms with Crippen LogP contribution in [0.1, 0.15) is 18.1 Å². The van der Waals surface area contributed by atoms with Gasteiger partial charge in [0, 0.05) is 37.3 Å². The minimum absolute atomic E-state index is 0.00763. The summed E-state index contributed by atoms with van der Waals surface area (Å²) in [5.41, 5.74) is 6.03. The van der Waals surface area contributed by atoms with Crippen molar-refractivity contribution in [2.24, 2.45) is 5.73 Å². The highest BCUT2D eigenvalue weighted by Gasteiger charge is 2.26. The molecule has 2 atom stereocenters. The van der Waals surface area contributed by atoms with Gasteiger partial charge in [0.2, 0.25) is 17.7 Å². The second kappa shape index (κ2) is 10.6. The lowest BCUT2D eigenvalue weighted by Crippen LogP contribution is -2.54. The lowest BCUT2D eigenvalue weighted by Gasteiger charge is -2.22. The van der Waals surface area contributed by atoms with Crippen LogP contribution < -0.4 is 26.7 Å². The molecule has 0 radical (unpaired) electrons. The SMILES string of the molecule is COc1ccc2c(C[C@@H](NC(=O)[C@H](Cc3cccc(F)c3)NC(C)=O)C(N)=O)cc(=O)oc2c1. The van der Waals surface area contributed by atoms with Gasteiger partial charge in [0.15, 0.2) is 0 Å². The highest BCUT2D eigenvalue weighted by atomic mass is 19.1. The summed E-state index contributed by atoms with van der Waals surface area (Å²) in [6.07, 6.45) is -0.103. The number of primary amides is 1. The molecule has 3 aromatic rings. The maximum absolute atomic E-state index is 13.6. The van der Waals surface area contributed by atoms with Crippen LogP contribution in [-0.2, 0) is 27.2 Å². The lowest BCUT2D eigenvalue weighted by atomic mass is 10.0. The van der Waals surface area contributed by atoms with Crippen LogP contribution in [0.25, 0.3) is 11.0 Å². The van der Waals surface area contributed by atoms with E-state index in [9.17, 15) is 23.6 Å². The van der Waals surface area contributed by atoms with Crippen LogP contribution in [0.2, 0.25) is 0 Å². The quantitative estimate of drug-likeness (QED) is 0.402. The third kappa shape index (κ3) is 6.18. The van der Waals surface area contributed by atoms with Crippen LogP contribution in [0, 0.1) is 5.82 Å². The number of halogens is 1. The van der Waals surface area contributed by atoms with Crippen LogP contribution >= 0.6 is 0 Å². The normalized spacial score (nSPS) is 12.6. The average molecular weight is 469 g/mol. The van der Waals surface area contributed by atoms with Crippen molar-refractivity contribution in [3.63, 3.8) is 0 Å². The number of carbonyl (C=O) groups is 3. The van der Waals surface area contributed by atoms with Crippen molar-refractivity contribution in [3.8, 4) is 5.75 Å². The van der Waals surface area contributed by atoms with E-state index in [-0.39, 0.29) is 18.4 Å². The molecule has 3 amide bonds. The third-order valence-electron chi connectivity index (χ3n) is 5.14. The Morgan fingerprint density at radius 2 is 1.82 bits per heavy atom. The first-order valence-electron chi connectivity index (χ1n) is 10.4. The number of amides is 3. The summed E-state index contributed by atoms with van der Waals surface area (Å²) in [6.45, 7) is 1.24. The number of hydrogen-bond donors (Lipinski definition) is 3. The molecule has 0 bridgehead atoms. The van der Waals surface area contributed by atoms with E-state index < -0.39 is 41.2 Å². The van der Waals surface area contributed by atoms with Crippen LogP contribution in [0.5, 0.6) is 5.75 Å². The lowest BCUT2D eigenvalue weighted by molar-refractivity contribution is -0.130. The molecule has 0 aliphatic rings. The maximum Gasteiger partial charge on any atom is 0.336 e. The summed E-state index contributed by atoms with van der Waals surface area (Å²) >= 11 is 0. The van der Waals surface area contributed by atoms with Crippen molar-refractivity contribution in [1.29, 1.82) is 0 Å². The average Bonchev–Trinajstić information content (AvgIpc) is 2.77. The van der Waals surface area contributed by atoms with Crippen molar-refractivity contribution < 1.29 is 27.9 Å². The van der Waals surface area contributed by atoms with Crippen LogP contribution in [0.3, 0.4) is 0 Å². The van der Waals surface area contributed by atoms with Gasteiger partial charge in [0.25, 0.3) is 0 Å². The fourth-order valence-electron chi connectivity index (χ4n) is 3.58. The zero-order valence-corrected chi connectivity index (χ0v) is 18.6. The molecule has 0 aliphatic heterocycles. The minimum Gasteiger partial charge on any atom is -0.497 e. The van der Waals surface area contributed by atoms with E-state index in [1.54, 1.807) is 18.2 Å². The molecule has 0 saturated carbocycles. The van der Waals surface area contributed by atoms with Gasteiger partial charge in [0.05, 0.1) is 7.11 Å². The fourth-order valence-corrected chi connectivity index (χ4v) is 3.58. The first-order chi connectivity index (χ1) is 16.2. The Morgan fingerprint density at radius 1 is 1.06 bits per heavy atom. The van der Waals surface area contributed by atoms with Crippen LogP contribution in [0.4, 0.5) is 4.39 Å². The van der Waals surface area contributed by atoms with Crippen molar-refractivity contribution in [3.05, 3.63) is 75.9 Å². The number of carbonyl (C=O) groups excluding carboxylic acids is 3. The van der Waals surface area contributed by atoms with Gasteiger partial charge in [-0.25, -0.2) is 9.18 Å². The van der Waals surface area contributed by atoms with Gasteiger partial charge in [0.1, 0.15) is 29.2 Å². The number of hydrogen-bond acceptors (Lipinski definition) is 6. The second-order valence-electron chi connectivity index (χ2n) is 7.71. The molecule has 0 fully saturated rings. The number of fused-ring (bicyclic) bond motifs is 1. The molecular weight excluding hydrogens is 445 g/mol. The Labute approximate surface area is 194 Å². The summed E-state index contributed by atoms with van der Waals surface area (Å²) in [5, 5.41) is 5.58. The van der Waals surface area contributed by atoms with E-state index in [0.29, 0.717) is 22.3 Å². The molecule has 0 unspecified atom stereocenters. The molecule has 0 saturated heterocycles. The smallest absolute Gasteiger partial charge is 0.336 e. The zero-order valence-electron chi connectivity index (χ0n) is 18.6. The van der Waals surface area contributed by atoms with Gasteiger partial charge in [-0.15, -0.1) is 0 Å². The van der Waals surface area contributed by atoms with E-state index >= 15 is 0 Å². The topological polar surface area (TPSA) is 141 Å². The highest BCUT2D eigenvalue weighted by Crippen LogP contribution is 2.23. The van der Waals surface area contributed by atoms with Gasteiger partial charge < -0.3 is 25.5 Å². The van der Waals surface area contributed by atoms with Crippen LogP contribution in [0.15, 0.2) is 57.7 Å². The summed E-state index contributed by atoms with van der Waals surface area (Å²) in [6, 6.07) is 9.41. The van der Waals surface area contributed by atoms with Crippen molar-refractivity contribution in [2.75, 3.05) is 7.11 Å². The van der Waals surface area contributed by atoms with E-state index in [4.69, 9.17) is 14.9 Å². The predicted molar refractivity (Wildman–Crippen MR) is 122 cm³/mol. The molecule has 178 valence electrons. The van der Waals surface area contributed by atoms with Gasteiger partial charge in [-0.1, -0.05) is 12.1 Å². The van der Waals surface area contributed by atoms with E-state index in [1.807, 2.05) is 0 Å². The molecule has 2 aromatic carbocycles.